The normalized spacial score (nSPS) is 12.2. The molecule has 0 aliphatic rings. The Hall–Kier alpha value is -1.40. The number of rotatable bonds is 4. The summed E-state index contributed by atoms with van der Waals surface area (Å²) in [5.41, 5.74) is 0.259. The first-order chi connectivity index (χ1) is 8.09. The molecule has 5 nitrogen and oxygen atoms in total. The number of anilines is 1. The Morgan fingerprint density at radius 3 is 2.33 bits per heavy atom. The fourth-order valence-corrected chi connectivity index (χ4v) is 2.68. The largest absolute Gasteiger partial charge is 0.299 e. The maximum atomic E-state index is 11.8. The van der Waals surface area contributed by atoms with Crippen molar-refractivity contribution in [1.82, 2.24) is 4.72 Å². The van der Waals surface area contributed by atoms with E-state index in [1.165, 1.54) is 13.0 Å². The summed E-state index contributed by atoms with van der Waals surface area (Å²) in [6.45, 7) is 6.68. The van der Waals surface area contributed by atoms with Gasteiger partial charge in [-0.05, 0) is 39.8 Å². The average Bonchev–Trinajstić information content (AvgIpc) is 2.12. The van der Waals surface area contributed by atoms with Gasteiger partial charge < -0.3 is 0 Å². The van der Waals surface area contributed by atoms with Gasteiger partial charge in [0.15, 0.2) is 5.78 Å². The molecular formula is C12H18N2O3S. The molecular weight excluding hydrogens is 252 g/mol. The van der Waals surface area contributed by atoms with Crippen LogP contribution in [0.5, 0.6) is 0 Å². The molecule has 0 aliphatic carbocycles. The van der Waals surface area contributed by atoms with Gasteiger partial charge in [0.2, 0.25) is 0 Å². The van der Waals surface area contributed by atoms with Crippen molar-refractivity contribution in [3.8, 4) is 0 Å². The van der Waals surface area contributed by atoms with Crippen LogP contribution in [0, 0.1) is 0 Å². The van der Waals surface area contributed by atoms with Crippen LogP contribution in [0.2, 0.25) is 0 Å². The number of nitrogens with one attached hydrogen (secondary N) is 2. The lowest BCUT2D eigenvalue weighted by molar-refractivity contribution is 0.101. The lowest BCUT2D eigenvalue weighted by atomic mass is 10.1. The summed E-state index contributed by atoms with van der Waals surface area (Å²) in [6.07, 6.45) is 0. The molecule has 0 aliphatic heterocycles. The monoisotopic (exact) mass is 270 g/mol. The fourth-order valence-electron chi connectivity index (χ4n) is 1.39. The Morgan fingerprint density at radius 2 is 1.83 bits per heavy atom. The van der Waals surface area contributed by atoms with Crippen molar-refractivity contribution in [3.63, 3.8) is 0 Å². The molecule has 0 bridgehead atoms. The Labute approximate surface area is 108 Å². The molecule has 1 rings (SSSR count). The maximum Gasteiger partial charge on any atom is 0.299 e. The predicted molar refractivity (Wildman–Crippen MR) is 71.9 cm³/mol. The number of hydrogen-bond donors (Lipinski definition) is 2. The Balaban J connectivity index is 2.91. The molecule has 0 atom stereocenters. The number of carbonyl (C=O) groups is 1. The van der Waals surface area contributed by atoms with Crippen molar-refractivity contribution in [2.24, 2.45) is 0 Å². The zero-order valence-corrected chi connectivity index (χ0v) is 11.8. The molecule has 0 saturated carbocycles. The SMILES string of the molecule is CC(=O)c1cccc(NS(=O)(=O)NC(C)(C)C)c1. The lowest BCUT2D eigenvalue weighted by Gasteiger charge is -2.21. The average molecular weight is 270 g/mol. The van der Waals surface area contributed by atoms with Gasteiger partial charge >= 0.3 is 0 Å². The third-order valence-electron chi connectivity index (χ3n) is 1.96. The van der Waals surface area contributed by atoms with Gasteiger partial charge in [0.25, 0.3) is 10.2 Å². The summed E-state index contributed by atoms with van der Waals surface area (Å²) in [5.74, 6) is -0.111. The second-order valence-corrected chi connectivity index (χ2v) is 6.51. The zero-order valence-electron chi connectivity index (χ0n) is 10.9. The van der Waals surface area contributed by atoms with E-state index in [4.69, 9.17) is 0 Å². The minimum atomic E-state index is -3.65. The van der Waals surface area contributed by atoms with E-state index < -0.39 is 15.7 Å². The molecule has 6 heteroatoms. The second-order valence-electron chi connectivity index (χ2n) is 5.09. The van der Waals surface area contributed by atoms with Crippen LogP contribution in [0.15, 0.2) is 24.3 Å². The van der Waals surface area contributed by atoms with Gasteiger partial charge in [-0.2, -0.15) is 13.1 Å². The summed E-state index contributed by atoms with van der Waals surface area (Å²) in [7, 11) is -3.65. The van der Waals surface area contributed by atoms with Crippen molar-refractivity contribution in [1.29, 1.82) is 0 Å². The molecule has 100 valence electrons. The van der Waals surface area contributed by atoms with Gasteiger partial charge in [0.05, 0.1) is 5.69 Å². The first-order valence-electron chi connectivity index (χ1n) is 5.52. The van der Waals surface area contributed by atoms with E-state index in [1.54, 1.807) is 39.0 Å². The summed E-state index contributed by atoms with van der Waals surface area (Å²) in [4.78, 5) is 11.2. The molecule has 1 aromatic rings. The van der Waals surface area contributed by atoms with Crippen LogP contribution in [0.25, 0.3) is 0 Å². The minimum absolute atomic E-state index is 0.111. The highest BCUT2D eigenvalue weighted by Crippen LogP contribution is 2.13. The molecule has 18 heavy (non-hydrogen) atoms. The quantitative estimate of drug-likeness (QED) is 0.821. The van der Waals surface area contributed by atoms with Gasteiger partial charge in [0, 0.05) is 11.1 Å². The van der Waals surface area contributed by atoms with Crippen molar-refractivity contribution in [2.45, 2.75) is 33.2 Å². The molecule has 0 amide bonds. The van der Waals surface area contributed by atoms with E-state index in [0.717, 1.165) is 0 Å². The number of ketones is 1. The third kappa shape index (κ3) is 4.85. The zero-order chi connectivity index (χ0) is 14.0. The highest BCUT2D eigenvalue weighted by atomic mass is 32.2. The molecule has 0 fully saturated rings. The van der Waals surface area contributed by atoms with E-state index in [9.17, 15) is 13.2 Å². The van der Waals surface area contributed by atoms with Crippen LogP contribution >= 0.6 is 0 Å². The fraction of sp³-hybridized carbons (Fsp3) is 0.417. The lowest BCUT2D eigenvalue weighted by Crippen LogP contribution is -2.43. The van der Waals surface area contributed by atoms with Crippen LogP contribution in [0.1, 0.15) is 38.1 Å². The standard InChI is InChI=1S/C12H18N2O3S/c1-9(15)10-6-5-7-11(8-10)13-18(16,17)14-12(2,3)4/h5-8,13-14H,1-4H3. The van der Waals surface area contributed by atoms with Gasteiger partial charge in [-0.3, -0.25) is 9.52 Å². The molecule has 0 radical (unpaired) electrons. The van der Waals surface area contributed by atoms with Crippen LogP contribution in [0.3, 0.4) is 0 Å². The van der Waals surface area contributed by atoms with Crippen molar-refractivity contribution >= 4 is 21.7 Å². The second kappa shape index (κ2) is 5.07. The van der Waals surface area contributed by atoms with Crippen molar-refractivity contribution in [2.75, 3.05) is 4.72 Å². The number of benzene rings is 1. The van der Waals surface area contributed by atoms with E-state index >= 15 is 0 Å². The maximum absolute atomic E-state index is 11.8. The molecule has 2 N–H and O–H groups in total. The van der Waals surface area contributed by atoms with Crippen LogP contribution in [0.4, 0.5) is 5.69 Å². The summed E-state index contributed by atoms with van der Waals surface area (Å²) >= 11 is 0. The summed E-state index contributed by atoms with van der Waals surface area (Å²) < 4.78 is 28.4. The molecule has 0 heterocycles. The first-order valence-corrected chi connectivity index (χ1v) is 7.00. The topological polar surface area (TPSA) is 75.3 Å². The Kier molecular flexibility index (Phi) is 4.13. The van der Waals surface area contributed by atoms with E-state index in [1.807, 2.05) is 0 Å². The minimum Gasteiger partial charge on any atom is -0.295 e. The van der Waals surface area contributed by atoms with Gasteiger partial charge in [-0.15, -0.1) is 0 Å². The first kappa shape index (κ1) is 14.7. The van der Waals surface area contributed by atoms with E-state index in [2.05, 4.69) is 9.44 Å². The van der Waals surface area contributed by atoms with Crippen LogP contribution < -0.4 is 9.44 Å². The Bertz CT molecular complexity index is 545. The molecule has 0 aromatic heterocycles. The van der Waals surface area contributed by atoms with Gasteiger partial charge in [-0.25, -0.2) is 0 Å². The smallest absolute Gasteiger partial charge is 0.295 e. The highest BCUT2D eigenvalue weighted by molar-refractivity contribution is 7.90. The summed E-state index contributed by atoms with van der Waals surface area (Å²) in [6, 6.07) is 6.36. The van der Waals surface area contributed by atoms with E-state index in [-0.39, 0.29) is 5.78 Å². The van der Waals surface area contributed by atoms with Crippen LogP contribution in [-0.2, 0) is 10.2 Å². The number of carbonyl (C=O) groups excluding carboxylic acids is 1. The molecule has 1 aromatic carbocycles. The Morgan fingerprint density at radius 1 is 1.22 bits per heavy atom. The highest BCUT2D eigenvalue weighted by Gasteiger charge is 2.19. The van der Waals surface area contributed by atoms with Crippen molar-refractivity contribution in [3.05, 3.63) is 29.8 Å². The number of Topliss-reactive ketones (excluding diaryl/α,β-unsaturated/α-hetero) is 1. The summed E-state index contributed by atoms with van der Waals surface area (Å²) in [5, 5.41) is 0. The van der Waals surface area contributed by atoms with Gasteiger partial charge in [-0.1, -0.05) is 12.1 Å². The molecule has 0 unspecified atom stereocenters. The van der Waals surface area contributed by atoms with E-state index in [0.29, 0.717) is 11.3 Å². The number of hydrogen-bond acceptors (Lipinski definition) is 3. The predicted octanol–water partition coefficient (Wildman–Crippen LogP) is 1.93. The van der Waals surface area contributed by atoms with Crippen LogP contribution in [-0.4, -0.2) is 19.7 Å². The van der Waals surface area contributed by atoms with Gasteiger partial charge in [0.1, 0.15) is 0 Å². The van der Waals surface area contributed by atoms with Crippen molar-refractivity contribution < 1.29 is 13.2 Å². The molecule has 0 spiro atoms. The molecule has 0 saturated heterocycles. The third-order valence-corrected chi connectivity index (χ3v) is 3.35.